The summed E-state index contributed by atoms with van der Waals surface area (Å²) in [5, 5.41) is 10.7. The molecule has 0 aliphatic rings. The first-order valence-electron chi connectivity index (χ1n) is 10.6. The maximum Gasteiger partial charge on any atom is 0.416 e. The van der Waals surface area contributed by atoms with Gasteiger partial charge in [0.1, 0.15) is 10.8 Å². The largest absolute Gasteiger partial charge is 0.493 e. The molecule has 0 saturated heterocycles. The summed E-state index contributed by atoms with van der Waals surface area (Å²) in [6.07, 6.45) is -2.62. The standard InChI is InChI=1S/C25H23F3N2O3S/c1-14(13-33-19-8-9-21-20(11-19)17(10-22(31)32)12-30(21)3)23-15(2)34-24(29-23)16-4-6-18(7-5-16)25(26,27)28/h4-9,11-12,14H,10,13H2,1-3H3,(H,31,32). The van der Waals surface area contributed by atoms with Crippen molar-refractivity contribution >= 4 is 28.2 Å². The Labute approximate surface area is 198 Å². The van der Waals surface area contributed by atoms with Crippen molar-refractivity contribution in [3.8, 4) is 16.3 Å². The highest BCUT2D eigenvalue weighted by atomic mass is 32.1. The van der Waals surface area contributed by atoms with Crippen molar-refractivity contribution in [1.82, 2.24) is 9.55 Å². The van der Waals surface area contributed by atoms with Crippen molar-refractivity contribution in [3.05, 3.63) is 70.4 Å². The molecule has 0 aliphatic carbocycles. The van der Waals surface area contributed by atoms with Crippen molar-refractivity contribution in [2.45, 2.75) is 32.4 Å². The van der Waals surface area contributed by atoms with E-state index in [0.717, 1.165) is 39.2 Å². The number of nitrogens with zero attached hydrogens (tertiary/aromatic N) is 2. The van der Waals surface area contributed by atoms with Gasteiger partial charge in [-0.2, -0.15) is 13.2 Å². The van der Waals surface area contributed by atoms with Crippen LogP contribution in [0, 0.1) is 6.92 Å². The molecule has 0 aliphatic heterocycles. The number of ether oxygens (including phenoxy) is 1. The lowest BCUT2D eigenvalue weighted by molar-refractivity contribution is -0.138. The van der Waals surface area contributed by atoms with Crippen LogP contribution >= 0.6 is 11.3 Å². The van der Waals surface area contributed by atoms with Crippen LogP contribution in [0.2, 0.25) is 0 Å². The number of thiazole rings is 1. The molecule has 1 atom stereocenters. The molecule has 4 aromatic rings. The van der Waals surface area contributed by atoms with Crippen LogP contribution in [-0.4, -0.2) is 27.2 Å². The van der Waals surface area contributed by atoms with E-state index in [2.05, 4.69) is 4.98 Å². The van der Waals surface area contributed by atoms with Crippen LogP contribution in [-0.2, 0) is 24.4 Å². The molecule has 178 valence electrons. The van der Waals surface area contributed by atoms with Crippen molar-refractivity contribution in [3.63, 3.8) is 0 Å². The average molecular weight is 489 g/mol. The Hall–Kier alpha value is -3.33. The molecule has 2 aromatic heterocycles. The van der Waals surface area contributed by atoms with Gasteiger partial charge < -0.3 is 14.4 Å². The van der Waals surface area contributed by atoms with E-state index < -0.39 is 17.7 Å². The normalized spacial score (nSPS) is 12.8. The summed E-state index contributed by atoms with van der Waals surface area (Å²) in [4.78, 5) is 16.8. The summed E-state index contributed by atoms with van der Waals surface area (Å²) in [7, 11) is 1.87. The Balaban J connectivity index is 1.49. The number of alkyl halides is 3. The van der Waals surface area contributed by atoms with Gasteiger partial charge in [-0.15, -0.1) is 11.3 Å². The molecule has 1 N–H and O–H groups in total. The van der Waals surface area contributed by atoms with Crippen molar-refractivity contribution in [2.24, 2.45) is 7.05 Å². The maximum atomic E-state index is 12.8. The number of carbonyl (C=O) groups is 1. The second-order valence-electron chi connectivity index (χ2n) is 8.26. The highest BCUT2D eigenvalue weighted by Gasteiger charge is 2.30. The summed E-state index contributed by atoms with van der Waals surface area (Å²) in [6.45, 7) is 4.27. The second kappa shape index (κ2) is 9.13. The Morgan fingerprint density at radius 3 is 2.56 bits per heavy atom. The van der Waals surface area contributed by atoms with E-state index in [0.29, 0.717) is 22.9 Å². The number of halogens is 3. The number of hydrogen-bond acceptors (Lipinski definition) is 4. The van der Waals surface area contributed by atoms with Gasteiger partial charge in [0.05, 0.1) is 24.3 Å². The molecule has 0 saturated carbocycles. The SMILES string of the molecule is Cc1sc(-c2ccc(C(F)(F)F)cc2)nc1C(C)COc1ccc2c(c1)c(CC(=O)O)cn2C. The number of aryl methyl sites for hydroxylation is 2. The fraction of sp³-hybridized carbons (Fsp3) is 0.280. The van der Waals surface area contributed by atoms with Gasteiger partial charge in [0.2, 0.25) is 0 Å². The fourth-order valence-electron chi connectivity index (χ4n) is 3.94. The minimum atomic E-state index is -4.37. The van der Waals surface area contributed by atoms with Crippen LogP contribution in [0.15, 0.2) is 48.7 Å². The van der Waals surface area contributed by atoms with E-state index in [1.54, 1.807) is 0 Å². The maximum absolute atomic E-state index is 12.8. The van der Waals surface area contributed by atoms with Gasteiger partial charge in [0.15, 0.2) is 0 Å². The quantitative estimate of drug-likeness (QED) is 0.325. The molecule has 4 rings (SSSR count). The van der Waals surface area contributed by atoms with Gasteiger partial charge >= 0.3 is 12.1 Å². The summed E-state index contributed by atoms with van der Waals surface area (Å²) < 4.78 is 46.4. The van der Waals surface area contributed by atoms with E-state index in [-0.39, 0.29) is 12.3 Å². The number of aromatic nitrogens is 2. The summed E-state index contributed by atoms with van der Waals surface area (Å²) in [6, 6.07) is 10.6. The Morgan fingerprint density at radius 1 is 1.21 bits per heavy atom. The third-order valence-corrected chi connectivity index (χ3v) is 6.68. The van der Waals surface area contributed by atoms with Crippen LogP contribution in [0.1, 0.15) is 34.5 Å². The number of hydrogen-bond donors (Lipinski definition) is 1. The zero-order valence-corrected chi connectivity index (χ0v) is 19.6. The lowest BCUT2D eigenvalue weighted by Crippen LogP contribution is -2.08. The van der Waals surface area contributed by atoms with Crippen LogP contribution in [0.3, 0.4) is 0 Å². The van der Waals surface area contributed by atoms with Crippen molar-refractivity contribution in [1.29, 1.82) is 0 Å². The molecule has 2 aromatic carbocycles. The van der Waals surface area contributed by atoms with E-state index in [1.807, 2.05) is 49.9 Å². The number of carboxylic acid groups (broad SMARTS) is 1. The van der Waals surface area contributed by atoms with Crippen molar-refractivity contribution in [2.75, 3.05) is 6.61 Å². The molecular weight excluding hydrogens is 465 g/mol. The Bertz CT molecular complexity index is 1340. The second-order valence-corrected chi connectivity index (χ2v) is 9.47. The van der Waals surface area contributed by atoms with Crippen LogP contribution < -0.4 is 4.74 Å². The first kappa shape index (κ1) is 23.8. The predicted molar refractivity (Wildman–Crippen MR) is 125 cm³/mol. The first-order valence-corrected chi connectivity index (χ1v) is 11.4. The average Bonchev–Trinajstić information content (AvgIpc) is 3.31. The van der Waals surface area contributed by atoms with Gasteiger partial charge in [0, 0.05) is 40.5 Å². The summed E-state index contributed by atoms with van der Waals surface area (Å²) in [5.74, 6) is -0.312. The molecule has 0 radical (unpaired) electrons. The molecular formula is C25H23F3N2O3S. The van der Waals surface area contributed by atoms with Crippen molar-refractivity contribution < 1.29 is 27.8 Å². The van der Waals surface area contributed by atoms with Crippen LogP contribution in [0.4, 0.5) is 13.2 Å². The zero-order valence-electron chi connectivity index (χ0n) is 18.8. The molecule has 2 heterocycles. The molecule has 0 spiro atoms. The van der Waals surface area contributed by atoms with Gasteiger partial charge in [-0.05, 0) is 42.8 Å². The van der Waals surface area contributed by atoms with E-state index in [1.165, 1.54) is 23.5 Å². The van der Waals surface area contributed by atoms with E-state index in [4.69, 9.17) is 4.74 Å². The minimum absolute atomic E-state index is 0.0515. The lowest BCUT2D eigenvalue weighted by atomic mass is 10.1. The number of fused-ring (bicyclic) bond motifs is 1. The summed E-state index contributed by atoms with van der Waals surface area (Å²) >= 11 is 1.44. The first-order chi connectivity index (χ1) is 16.0. The Morgan fingerprint density at radius 2 is 1.91 bits per heavy atom. The van der Waals surface area contributed by atoms with E-state index >= 15 is 0 Å². The molecule has 0 bridgehead atoms. The monoisotopic (exact) mass is 488 g/mol. The number of carboxylic acids is 1. The molecule has 1 unspecified atom stereocenters. The molecule has 5 nitrogen and oxygen atoms in total. The third-order valence-electron chi connectivity index (χ3n) is 5.64. The highest BCUT2D eigenvalue weighted by Crippen LogP contribution is 2.35. The number of rotatable bonds is 7. The topological polar surface area (TPSA) is 64.3 Å². The Kier molecular flexibility index (Phi) is 6.40. The van der Waals surface area contributed by atoms with E-state index in [9.17, 15) is 23.1 Å². The van der Waals surface area contributed by atoms with Crippen LogP contribution in [0.5, 0.6) is 5.75 Å². The smallest absolute Gasteiger partial charge is 0.416 e. The zero-order chi connectivity index (χ0) is 24.6. The summed E-state index contributed by atoms with van der Waals surface area (Å²) in [5.41, 5.74) is 2.44. The molecule has 34 heavy (non-hydrogen) atoms. The highest BCUT2D eigenvalue weighted by molar-refractivity contribution is 7.15. The fourth-order valence-corrected chi connectivity index (χ4v) is 4.98. The predicted octanol–water partition coefficient (Wildman–Crippen LogP) is 6.44. The van der Waals surface area contributed by atoms with Gasteiger partial charge in [0.25, 0.3) is 0 Å². The number of benzene rings is 2. The minimum Gasteiger partial charge on any atom is -0.493 e. The molecule has 0 amide bonds. The lowest BCUT2D eigenvalue weighted by Gasteiger charge is -2.13. The molecule has 0 fully saturated rings. The van der Waals surface area contributed by atoms with Gasteiger partial charge in [-0.1, -0.05) is 19.1 Å². The van der Waals surface area contributed by atoms with Crippen LogP contribution in [0.25, 0.3) is 21.5 Å². The third kappa shape index (κ3) is 4.94. The molecule has 9 heteroatoms. The number of aliphatic carboxylic acids is 1. The van der Waals surface area contributed by atoms with Gasteiger partial charge in [-0.25, -0.2) is 4.98 Å². The van der Waals surface area contributed by atoms with Gasteiger partial charge in [-0.3, -0.25) is 4.79 Å².